The molecule has 1 amide bonds. The Balaban J connectivity index is 2.37. The van der Waals surface area contributed by atoms with E-state index in [1.165, 1.54) is 26.2 Å². The number of esters is 1. The molecule has 0 spiro atoms. The van der Waals surface area contributed by atoms with Crippen molar-refractivity contribution >= 4 is 17.8 Å². The molecule has 7 nitrogen and oxygen atoms in total. The van der Waals surface area contributed by atoms with Crippen LogP contribution >= 0.6 is 0 Å². The van der Waals surface area contributed by atoms with Crippen LogP contribution in [0.25, 0.3) is 0 Å². The highest BCUT2D eigenvalue weighted by Gasteiger charge is 2.25. The Kier molecular flexibility index (Phi) is 4.44. The Hall–Kier alpha value is -3.58. The van der Waals surface area contributed by atoms with Gasteiger partial charge in [-0.05, 0) is 25.1 Å². The number of carbonyl (C=O) groups excluding carboxylic acids is 2. The standard InChI is InChI=1S/C16H11N3O4/c1-9-13(16(21)22-2)12(8-18)15(23-9)19-14(20)11-5-3-4-10(6-11)7-17/h3-6H,1-2H3,(H,19,20). The third-order valence-electron chi connectivity index (χ3n) is 3.07. The van der Waals surface area contributed by atoms with E-state index in [0.717, 1.165) is 0 Å². The first kappa shape index (κ1) is 15.8. The van der Waals surface area contributed by atoms with Gasteiger partial charge >= 0.3 is 5.97 Å². The van der Waals surface area contributed by atoms with Gasteiger partial charge < -0.3 is 9.15 Å². The molecule has 0 unspecified atom stereocenters. The van der Waals surface area contributed by atoms with Crippen LogP contribution < -0.4 is 5.32 Å². The molecule has 2 rings (SSSR count). The summed E-state index contributed by atoms with van der Waals surface area (Å²) in [7, 11) is 1.18. The zero-order valence-corrected chi connectivity index (χ0v) is 12.3. The molecule has 7 heteroatoms. The second-order valence-electron chi connectivity index (χ2n) is 4.49. The van der Waals surface area contributed by atoms with Crippen LogP contribution in [-0.2, 0) is 4.74 Å². The molecule has 0 bridgehead atoms. The van der Waals surface area contributed by atoms with Gasteiger partial charge in [0.15, 0.2) is 0 Å². The van der Waals surface area contributed by atoms with Crippen LogP contribution in [0, 0.1) is 29.6 Å². The van der Waals surface area contributed by atoms with Gasteiger partial charge in [0.05, 0.1) is 18.7 Å². The lowest BCUT2D eigenvalue weighted by molar-refractivity contribution is 0.0598. The van der Waals surface area contributed by atoms with Crippen molar-refractivity contribution in [2.75, 3.05) is 12.4 Å². The van der Waals surface area contributed by atoms with E-state index in [1.54, 1.807) is 12.1 Å². The zero-order valence-electron chi connectivity index (χ0n) is 12.3. The van der Waals surface area contributed by atoms with Crippen LogP contribution in [0.3, 0.4) is 0 Å². The van der Waals surface area contributed by atoms with Crippen molar-refractivity contribution in [2.24, 2.45) is 0 Å². The Morgan fingerprint density at radius 2 is 2.00 bits per heavy atom. The maximum atomic E-state index is 12.2. The number of hydrogen-bond donors (Lipinski definition) is 1. The number of anilines is 1. The number of rotatable bonds is 3. The topological polar surface area (TPSA) is 116 Å². The van der Waals surface area contributed by atoms with Crippen LogP contribution in [0.2, 0.25) is 0 Å². The number of nitrogens with zero attached hydrogens (tertiary/aromatic N) is 2. The largest absolute Gasteiger partial charge is 0.465 e. The fourth-order valence-electron chi connectivity index (χ4n) is 1.99. The highest BCUT2D eigenvalue weighted by molar-refractivity contribution is 6.05. The van der Waals surface area contributed by atoms with Crippen molar-refractivity contribution < 1.29 is 18.7 Å². The van der Waals surface area contributed by atoms with Crippen molar-refractivity contribution in [1.29, 1.82) is 10.5 Å². The summed E-state index contributed by atoms with van der Waals surface area (Å²) in [4.78, 5) is 23.9. The van der Waals surface area contributed by atoms with Gasteiger partial charge in [-0.1, -0.05) is 6.07 Å². The van der Waals surface area contributed by atoms with Crippen molar-refractivity contribution in [3.05, 3.63) is 52.3 Å². The minimum absolute atomic E-state index is 0.0314. The molecule has 1 aromatic carbocycles. The lowest BCUT2D eigenvalue weighted by atomic mass is 10.1. The monoisotopic (exact) mass is 309 g/mol. The minimum atomic E-state index is -0.727. The maximum absolute atomic E-state index is 12.2. The Labute approximate surface area is 131 Å². The van der Waals surface area contributed by atoms with Gasteiger partial charge in [-0.2, -0.15) is 10.5 Å². The molecular weight excluding hydrogens is 298 g/mol. The first-order valence-electron chi connectivity index (χ1n) is 6.45. The molecule has 0 fully saturated rings. The molecule has 1 N–H and O–H groups in total. The first-order valence-corrected chi connectivity index (χ1v) is 6.45. The molecule has 23 heavy (non-hydrogen) atoms. The molecular formula is C16H11N3O4. The zero-order chi connectivity index (χ0) is 17.0. The summed E-state index contributed by atoms with van der Waals surface area (Å²) < 4.78 is 9.88. The van der Waals surface area contributed by atoms with E-state index < -0.39 is 11.9 Å². The molecule has 0 aliphatic carbocycles. The van der Waals surface area contributed by atoms with E-state index in [0.29, 0.717) is 5.56 Å². The number of nitriles is 2. The van der Waals surface area contributed by atoms with Gasteiger partial charge in [-0.3, -0.25) is 10.1 Å². The van der Waals surface area contributed by atoms with Crippen LogP contribution in [0.15, 0.2) is 28.7 Å². The number of methoxy groups -OCH3 is 1. The van der Waals surface area contributed by atoms with E-state index in [4.69, 9.17) is 9.68 Å². The molecule has 0 atom stereocenters. The molecule has 1 aromatic heterocycles. The summed E-state index contributed by atoms with van der Waals surface area (Å²) in [5.41, 5.74) is 0.404. The third kappa shape index (κ3) is 3.04. The van der Waals surface area contributed by atoms with Gasteiger partial charge in [0, 0.05) is 5.56 Å². The highest BCUT2D eigenvalue weighted by Crippen LogP contribution is 2.27. The molecule has 1 heterocycles. The average Bonchev–Trinajstić information content (AvgIpc) is 2.89. The number of ether oxygens (including phenoxy) is 1. The molecule has 0 saturated carbocycles. The minimum Gasteiger partial charge on any atom is -0.465 e. The quantitative estimate of drug-likeness (QED) is 0.870. The number of hydrogen-bond acceptors (Lipinski definition) is 6. The summed E-state index contributed by atoms with van der Waals surface area (Å²) in [6, 6.07) is 9.78. The Bertz CT molecular complexity index is 868. The number of furan rings is 1. The fraction of sp³-hybridized carbons (Fsp3) is 0.125. The van der Waals surface area contributed by atoms with Gasteiger partial charge in [0.2, 0.25) is 5.88 Å². The number of amides is 1. The SMILES string of the molecule is COC(=O)c1c(C)oc(NC(=O)c2cccc(C#N)c2)c1C#N. The Morgan fingerprint density at radius 1 is 1.26 bits per heavy atom. The lowest BCUT2D eigenvalue weighted by Crippen LogP contribution is -2.12. The fourth-order valence-corrected chi connectivity index (χ4v) is 1.99. The van der Waals surface area contributed by atoms with Gasteiger partial charge in [0.25, 0.3) is 5.91 Å². The average molecular weight is 309 g/mol. The van der Waals surface area contributed by atoms with E-state index >= 15 is 0 Å². The predicted molar refractivity (Wildman–Crippen MR) is 78.6 cm³/mol. The van der Waals surface area contributed by atoms with Crippen LogP contribution in [-0.4, -0.2) is 19.0 Å². The lowest BCUT2D eigenvalue weighted by Gasteiger charge is -2.03. The van der Waals surface area contributed by atoms with E-state index in [2.05, 4.69) is 10.1 Å². The second-order valence-corrected chi connectivity index (χ2v) is 4.49. The number of benzene rings is 1. The van der Waals surface area contributed by atoms with Crippen LogP contribution in [0.1, 0.15) is 37.6 Å². The molecule has 0 aliphatic heterocycles. The van der Waals surface area contributed by atoms with Gasteiger partial charge in [-0.25, -0.2) is 4.79 Å². The third-order valence-corrected chi connectivity index (χ3v) is 3.07. The highest BCUT2D eigenvalue weighted by atomic mass is 16.5. The molecule has 0 saturated heterocycles. The first-order chi connectivity index (χ1) is 11.0. The summed E-state index contributed by atoms with van der Waals surface area (Å²) in [6.07, 6.45) is 0. The Morgan fingerprint density at radius 3 is 2.61 bits per heavy atom. The second kappa shape index (κ2) is 6.46. The normalized spacial score (nSPS) is 9.57. The number of carbonyl (C=O) groups is 2. The molecule has 2 aromatic rings. The summed E-state index contributed by atoms with van der Waals surface area (Å²) in [6.45, 7) is 1.49. The predicted octanol–water partition coefficient (Wildman–Crippen LogP) is 2.37. The van der Waals surface area contributed by atoms with Crippen molar-refractivity contribution in [3.8, 4) is 12.1 Å². The number of nitrogens with one attached hydrogen (secondary N) is 1. The summed E-state index contributed by atoms with van der Waals surface area (Å²) in [5, 5.41) is 20.5. The van der Waals surface area contributed by atoms with Crippen molar-refractivity contribution in [3.63, 3.8) is 0 Å². The van der Waals surface area contributed by atoms with Crippen molar-refractivity contribution in [1.82, 2.24) is 0 Å². The summed E-state index contributed by atoms with van der Waals surface area (Å²) >= 11 is 0. The molecule has 0 aliphatic rings. The van der Waals surface area contributed by atoms with Gasteiger partial charge in [0.1, 0.15) is 23.0 Å². The van der Waals surface area contributed by atoms with Gasteiger partial charge in [-0.15, -0.1) is 0 Å². The van der Waals surface area contributed by atoms with Crippen LogP contribution in [0.5, 0.6) is 0 Å². The van der Waals surface area contributed by atoms with E-state index in [-0.39, 0.29) is 28.3 Å². The maximum Gasteiger partial charge on any atom is 0.342 e. The number of aryl methyl sites for hydroxylation is 1. The van der Waals surface area contributed by atoms with Crippen LogP contribution in [0.4, 0.5) is 5.88 Å². The molecule has 0 radical (unpaired) electrons. The van der Waals surface area contributed by atoms with Crippen molar-refractivity contribution in [2.45, 2.75) is 6.92 Å². The smallest absolute Gasteiger partial charge is 0.342 e. The summed E-state index contributed by atoms with van der Waals surface area (Å²) in [5.74, 6) is -1.27. The molecule has 114 valence electrons. The van der Waals surface area contributed by atoms with E-state index in [1.807, 2.05) is 12.1 Å². The van der Waals surface area contributed by atoms with E-state index in [9.17, 15) is 14.9 Å².